The van der Waals surface area contributed by atoms with Crippen LogP contribution in [-0.4, -0.2) is 65.9 Å². The topological polar surface area (TPSA) is 73.8 Å². The largest absolute Gasteiger partial charge is 0.463 e. The summed E-state index contributed by atoms with van der Waals surface area (Å²) in [5.41, 5.74) is 0.897. The number of carbonyl (C=O) groups excluding carboxylic acids is 1. The second kappa shape index (κ2) is 8.52. The van der Waals surface area contributed by atoms with E-state index in [1.165, 1.54) is 12.8 Å². The fraction of sp³-hybridized carbons (Fsp3) is 0.750. The second-order valence-electron chi connectivity index (χ2n) is 7.93. The number of amides is 1. The van der Waals surface area contributed by atoms with Crippen molar-refractivity contribution < 1.29 is 19.0 Å². The van der Waals surface area contributed by atoms with Crippen LogP contribution in [-0.2, 0) is 14.3 Å². The highest BCUT2D eigenvalue weighted by Gasteiger charge is 2.44. The lowest BCUT2D eigenvalue weighted by Crippen LogP contribution is -2.35. The van der Waals surface area contributed by atoms with Gasteiger partial charge in [0.15, 0.2) is 0 Å². The van der Waals surface area contributed by atoms with E-state index >= 15 is 0 Å². The Balaban J connectivity index is 1.21. The molecular weight excluding hydrogens is 346 g/mol. The number of aryl methyl sites for hydroxylation is 1. The highest BCUT2D eigenvalue weighted by Crippen LogP contribution is 2.35. The van der Waals surface area contributed by atoms with Crippen LogP contribution in [0, 0.1) is 18.8 Å². The summed E-state index contributed by atoms with van der Waals surface area (Å²) in [5.74, 6) is 0.902. The first-order valence-electron chi connectivity index (χ1n) is 10.1. The molecule has 0 radical (unpaired) electrons. The maximum absolute atomic E-state index is 12.5. The summed E-state index contributed by atoms with van der Waals surface area (Å²) in [4.78, 5) is 22.8. The minimum atomic E-state index is 0.100. The van der Waals surface area contributed by atoms with Crippen LogP contribution in [0.2, 0.25) is 0 Å². The van der Waals surface area contributed by atoms with E-state index in [2.05, 4.69) is 9.97 Å². The van der Waals surface area contributed by atoms with Gasteiger partial charge in [0.1, 0.15) is 6.61 Å². The SMILES string of the molecule is Cc1ccnc(OCC[C@H]2CO[C@H]3CN(C(=O)COC4CCCC4)C[C@@H]23)n1. The fourth-order valence-corrected chi connectivity index (χ4v) is 4.43. The third-order valence-electron chi connectivity index (χ3n) is 6.03. The lowest BCUT2D eigenvalue weighted by molar-refractivity contribution is -0.137. The molecule has 0 N–H and O–H groups in total. The molecule has 3 fully saturated rings. The van der Waals surface area contributed by atoms with Gasteiger partial charge in [-0.2, -0.15) is 0 Å². The Morgan fingerprint density at radius 3 is 3.00 bits per heavy atom. The molecule has 0 unspecified atom stereocenters. The quantitative estimate of drug-likeness (QED) is 0.726. The molecule has 1 saturated carbocycles. The molecule has 1 aromatic rings. The number of nitrogens with zero attached hydrogens (tertiary/aromatic N) is 3. The Labute approximate surface area is 160 Å². The molecular formula is C20H29N3O4. The highest BCUT2D eigenvalue weighted by molar-refractivity contribution is 5.77. The van der Waals surface area contributed by atoms with Crippen molar-refractivity contribution in [1.82, 2.24) is 14.9 Å². The molecule has 1 amide bonds. The monoisotopic (exact) mass is 375 g/mol. The van der Waals surface area contributed by atoms with E-state index in [0.29, 0.717) is 31.0 Å². The standard InChI is InChI=1S/C20H29N3O4/c1-14-6-8-21-20(22-14)25-9-7-15-12-27-18-11-23(10-17(15)18)19(24)13-26-16-4-2-3-5-16/h6,8,15-18H,2-5,7,9-13H2,1H3/t15-,17-,18-/m0/s1. The maximum atomic E-state index is 12.5. The molecule has 7 nitrogen and oxygen atoms in total. The summed E-state index contributed by atoms with van der Waals surface area (Å²) in [6, 6.07) is 2.28. The minimum Gasteiger partial charge on any atom is -0.463 e. The maximum Gasteiger partial charge on any atom is 0.316 e. The van der Waals surface area contributed by atoms with Crippen molar-refractivity contribution in [3.05, 3.63) is 18.0 Å². The second-order valence-corrected chi connectivity index (χ2v) is 7.93. The van der Waals surface area contributed by atoms with Crippen molar-refractivity contribution in [2.45, 2.75) is 51.2 Å². The number of carbonyl (C=O) groups is 1. The van der Waals surface area contributed by atoms with Crippen LogP contribution >= 0.6 is 0 Å². The summed E-state index contributed by atoms with van der Waals surface area (Å²) in [7, 11) is 0. The molecule has 7 heteroatoms. The van der Waals surface area contributed by atoms with E-state index in [-0.39, 0.29) is 24.7 Å². The average molecular weight is 375 g/mol. The van der Waals surface area contributed by atoms with Gasteiger partial charge in [-0.05, 0) is 38.2 Å². The van der Waals surface area contributed by atoms with Gasteiger partial charge in [0.2, 0.25) is 5.91 Å². The fourth-order valence-electron chi connectivity index (χ4n) is 4.43. The van der Waals surface area contributed by atoms with Crippen molar-refractivity contribution in [3.63, 3.8) is 0 Å². The normalized spacial score (nSPS) is 27.9. The van der Waals surface area contributed by atoms with Gasteiger partial charge < -0.3 is 19.1 Å². The summed E-state index contributed by atoms with van der Waals surface area (Å²) >= 11 is 0. The molecule has 27 heavy (non-hydrogen) atoms. The Hall–Kier alpha value is -1.73. The van der Waals surface area contributed by atoms with Crippen LogP contribution in [0.15, 0.2) is 12.3 Å². The third-order valence-corrected chi connectivity index (χ3v) is 6.03. The molecule has 1 aromatic heterocycles. The van der Waals surface area contributed by atoms with E-state index in [9.17, 15) is 4.79 Å². The van der Waals surface area contributed by atoms with Crippen LogP contribution in [0.25, 0.3) is 0 Å². The molecule has 3 aliphatic rings. The minimum absolute atomic E-state index is 0.100. The summed E-state index contributed by atoms with van der Waals surface area (Å²) in [6.45, 7) is 4.90. The molecule has 3 atom stereocenters. The van der Waals surface area contributed by atoms with E-state index in [0.717, 1.165) is 38.1 Å². The van der Waals surface area contributed by atoms with Crippen molar-refractivity contribution in [2.24, 2.45) is 11.8 Å². The molecule has 2 aliphatic heterocycles. The summed E-state index contributed by atoms with van der Waals surface area (Å²) in [5, 5.41) is 0. The Bertz CT molecular complexity index is 650. The molecule has 0 bridgehead atoms. The van der Waals surface area contributed by atoms with E-state index in [1.54, 1.807) is 6.20 Å². The number of rotatable bonds is 7. The van der Waals surface area contributed by atoms with E-state index < -0.39 is 0 Å². The van der Waals surface area contributed by atoms with Gasteiger partial charge in [0, 0.05) is 30.9 Å². The number of hydrogen-bond donors (Lipinski definition) is 0. The van der Waals surface area contributed by atoms with Crippen molar-refractivity contribution in [1.29, 1.82) is 0 Å². The first kappa shape index (κ1) is 18.6. The van der Waals surface area contributed by atoms with Crippen LogP contribution in [0.1, 0.15) is 37.8 Å². The molecule has 2 saturated heterocycles. The Morgan fingerprint density at radius 1 is 1.33 bits per heavy atom. The van der Waals surface area contributed by atoms with Crippen LogP contribution in [0.3, 0.4) is 0 Å². The Morgan fingerprint density at radius 2 is 2.19 bits per heavy atom. The van der Waals surface area contributed by atoms with Crippen molar-refractivity contribution in [2.75, 3.05) is 32.9 Å². The van der Waals surface area contributed by atoms with Crippen molar-refractivity contribution in [3.8, 4) is 6.01 Å². The lowest BCUT2D eigenvalue weighted by atomic mass is 9.91. The zero-order chi connectivity index (χ0) is 18.6. The number of hydrogen-bond acceptors (Lipinski definition) is 6. The predicted molar refractivity (Wildman–Crippen MR) is 98.4 cm³/mol. The van der Waals surface area contributed by atoms with Gasteiger partial charge in [-0.25, -0.2) is 9.97 Å². The third kappa shape index (κ3) is 4.58. The van der Waals surface area contributed by atoms with Gasteiger partial charge in [0.05, 0.1) is 25.4 Å². The zero-order valence-corrected chi connectivity index (χ0v) is 16.0. The van der Waals surface area contributed by atoms with Gasteiger partial charge >= 0.3 is 6.01 Å². The molecule has 0 spiro atoms. The number of fused-ring (bicyclic) bond motifs is 1. The summed E-state index contributed by atoms with van der Waals surface area (Å²) in [6.07, 6.45) is 7.65. The first-order chi connectivity index (χ1) is 13.2. The van der Waals surface area contributed by atoms with Gasteiger partial charge in [-0.15, -0.1) is 0 Å². The van der Waals surface area contributed by atoms with E-state index in [4.69, 9.17) is 14.2 Å². The average Bonchev–Trinajstić information content (AvgIpc) is 3.38. The predicted octanol–water partition coefficient (Wildman–Crippen LogP) is 1.99. The lowest BCUT2D eigenvalue weighted by Gasteiger charge is -2.21. The van der Waals surface area contributed by atoms with Gasteiger partial charge in [-0.1, -0.05) is 12.8 Å². The van der Waals surface area contributed by atoms with Gasteiger partial charge in [-0.3, -0.25) is 4.79 Å². The number of likely N-dealkylation sites (tertiary alicyclic amines) is 1. The molecule has 148 valence electrons. The zero-order valence-electron chi connectivity index (χ0n) is 16.0. The Kier molecular flexibility index (Phi) is 5.88. The highest BCUT2D eigenvalue weighted by atomic mass is 16.5. The smallest absolute Gasteiger partial charge is 0.316 e. The molecule has 4 rings (SSSR count). The van der Waals surface area contributed by atoms with Crippen LogP contribution in [0.4, 0.5) is 0 Å². The van der Waals surface area contributed by atoms with Crippen molar-refractivity contribution >= 4 is 5.91 Å². The molecule has 3 heterocycles. The van der Waals surface area contributed by atoms with Crippen LogP contribution < -0.4 is 4.74 Å². The van der Waals surface area contributed by atoms with Gasteiger partial charge in [0.25, 0.3) is 0 Å². The molecule has 0 aromatic carbocycles. The van der Waals surface area contributed by atoms with Crippen LogP contribution in [0.5, 0.6) is 6.01 Å². The molecule has 1 aliphatic carbocycles. The van der Waals surface area contributed by atoms with E-state index in [1.807, 2.05) is 17.9 Å². The summed E-state index contributed by atoms with van der Waals surface area (Å²) < 4.78 is 17.4. The number of aromatic nitrogens is 2. The number of ether oxygens (including phenoxy) is 3. The first-order valence-corrected chi connectivity index (χ1v) is 10.1.